The molecule has 3 rings (SSSR count). The molecule has 3 heteroatoms. The van der Waals surface area contributed by atoms with Crippen molar-refractivity contribution >= 4 is 11.6 Å². The molecule has 0 aromatic heterocycles. The molecule has 1 saturated heterocycles. The topological polar surface area (TPSA) is 29.3 Å². The maximum Gasteiger partial charge on any atom is 0.0186 e. The SMILES string of the molecule is NC[C@]1(C2C=CC=C(Cl)C2)CC[C@H](N2CCCCC2)CC1. The first kappa shape index (κ1) is 15.6. The Bertz CT molecular complexity index is 401. The Balaban J connectivity index is 1.61. The van der Waals surface area contributed by atoms with Gasteiger partial charge in [0.2, 0.25) is 0 Å². The molecule has 2 fully saturated rings. The Labute approximate surface area is 134 Å². The molecule has 2 aliphatic carbocycles. The third-order valence-electron chi connectivity index (χ3n) is 6.09. The van der Waals surface area contributed by atoms with Gasteiger partial charge in [0.05, 0.1) is 0 Å². The zero-order valence-electron chi connectivity index (χ0n) is 13.1. The lowest BCUT2D eigenvalue weighted by molar-refractivity contribution is 0.0555. The van der Waals surface area contributed by atoms with Crippen molar-refractivity contribution in [3.8, 4) is 0 Å². The van der Waals surface area contributed by atoms with Crippen LogP contribution in [0.4, 0.5) is 0 Å². The van der Waals surface area contributed by atoms with Crippen molar-refractivity contribution in [2.75, 3.05) is 19.6 Å². The average Bonchev–Trinajstić information content (AvgIpc) is 2.56. The highest BCUT2D eigenvalue weighted by Crippen LogP contribution is 2.47. The van der Waals surface area contributed by atoms with Gasteiger partial charge < -0.3 is 10.6 Å². The number of halogens is 1. The van der Waals surface area contributed by atoms with Crippen molar-refractivity contribution in [1.29, 1.82) is 0 Å². The molecule has 2 nitrogen and oxygen atoms in total. The van der Waals surface area contributed by atoms with E-state index in [1.807, 2.05) is 6.08 Å². The Hall–Kier alpha value is -0.310. The molecule has 0 bridgehead atoms. The Morgan fingerprint density at radius 2 is 1.90 bits per heavy atom. The molecule has 0 amide bonds. The van der Waals surface area contributed by atoms with Gasteiger partial charge in [-0.05, 0) is 82.0 Å². The van der Waals surface area contributed by atoms with Gasteiger partial charge in [-0.1, -0.05) is 30.2 Å². The maximum atomic E-state index is 6.26. The minimum atomic E-state index is 0.289. The first-order valence-electron chi connectivity index (χ1n) is 8.70. The summed E-state index contributed by atoms with van der Waals surface area (Å²) in [4.78, 5) is 2.74. The molecule has 0 radical (unpaired) electrons. The van der Waals surface area contributed by atoms with Gasteiger partial charge in [-0.2, -0.15) is 0 Å². The molecule has 0 aromatic carbocycles. The smallest absolute Gasteiger partial charge is 0.0186 e. The summed E-state index contributed by atoms with van der Waals surface area (Å²) in [7, 11) is 0. The molecule has 1 atom stereocenters. The lowest BCUT2D eigenvalue weighted by atomic mass is 9.63. The molecule has 1 saturated carbocycles. The van der Waals surface area contributed by atoms with Gasteiger partial charge in [-0.15, -0.1) is 0 Å². The molecule has 2 N–H and O–H groups in total. The van der Waals surface area contributed by atoms with Gasteiger partial charge in [0.15, 0.2) is 0 Å². The van der Waals surface area contributed by atoms with Gasteiger partial charge in [-0.25, -0.2) is 0 Å². The third-order valence-corrected chi connectivity index (χ3v) is 6.37. The van der Waals surface area contributed by atoms with E-state index in [0.717, 1.165) is 24.0 Å². The van der Waals surface area contributed by atoms with Crippen LogP contribution in [0, 0.1) is 11.3 Å². The number of nitrogens with zero attached hydrogens (tertiary/aromatic N) is 1. The lowest BCUT2D eigenvalue weighted by Gasteiger charge is -2.47. The zero-order chi connectivity index (χ0) is 14.7. The number of allylic oxidation sites excluding steroid dienone is 4. The van der Waals surface area contributed by atoms with E-state index in [-0.39, 0.29) is 5.41 Å². The first-order chi connectivity index (χ1) is 10.2. The van der Waals surface area contributed by atoms with Crippen LogP contribution < -0.4 is 5.73 Å². The first-order valence-corrected chi connectivity index (χ1v) is 9.08. The second-order valence-corrected chi connectivity index (χ2v) is 7.69. The van der Waals surface area contributed by atoms with Gasteiger partial charge in [0.1, 0.15) is 0 Å². The summed E-state index contributed by atoms with van der Waals surface area (Å²) in [5.41, 5.74) is 6.52. The summed E-state index contributed by atoms with van der Waals surface area (Å²) in [6.45, 7) is 3.44. The van der Waals surface area contributed by atoms with Crippen LogP contribution in [-0.2, 0) is 0 Å². The van der Waals surface area contributed by atoms with E-state index < -0.39 is 0 Å². The van der Waals surface area contributed by atoms with Crippen LogP contribution in [0.25, 0.3) is 0 Å². The predicted octanol–water partition coefficient (Wildman–Crippen LogP) is 4.06. The summed E-state index contributed by atoms with van der Waals surface area (Å²) in [5.74, 6) is 0.544. The Morgan fingerprint density at radius 3 is 2.52 bits per heavy atom. The Kier molecular flexibility index (Phi) is 5.08. The quantitative estimate of drug-likeness (QED) is 0.852. The number of likely N-dealkylation sites (tertiary alicyclic amines) is 1. The monoisotopic (exact) mass is 308 g/mol. The number of nitrogens with two attached hydrogens (primary N) is 1. The average molecular weight is 309 g/mol. The van der Waals surface area contributed by atoms with Crippen LogP contribution in [0.2, 0.25) is 0 Å². The van der Waals surface area contributed by atoms with Gasteiger partial charge in [0.25, 0.3) is 0 Å². The molecule has 0 spiro atoms. The highest BCUT2D eigenvalue weighted by molar-refractivity contribution is 6.29. The number of hydrogen-bond acceptors (Lipinski definition) is 2. The fourth-order valence-electron chi connectivity index (χ4n) is 4.61. The van der Waals surface area contributed by atoms with Crippen LogP contribution in [0.5, 0.6) is 0 Å². The van der Waals surface area contributed by atoms with Crippen molar-refractivity contribution in [1.82, 2.24) is 4.90 Å². The number of hydrogen-bond donors (Lipinski definition) is 1. The fourth-order valence-corrected chi connectivity index (χ4v) is 4.85. The normalized spacial score (nSPS) is 38.3. The van der Waals surface area contributed by atoms with E-state index >= 15 is 0 Å². The Morgan fingerprint density at radius 1 is 1.19 bits per heavy atom. The van der Waals surface area contributed by atoms with E-state index in [1.165, 1.54) is 58.0 Å². The second kappa shape index (κ2) is 6.85. The van der Waals surface area contributed by atoms with Crippen LogP contribution in [0.3, 0.4) is 0 Å². The van der Waals surface area contributed by atoms with E-state index in [9.17, 15) is 0 Å². The molecule has 3 aliphatic rings. The molecular formula is C18H29ClN2. The van der Waals surface area contributed by atoms with Gasteiger partial charge in [0, 0.05) is 11.1 Å². The highest BCUT2D eigenvalue weighted by atomic mass is 35.5. The largest absolute Gasteiger partial charge is 0.330 e. The molecule has 118 valence electrons. The highest BCUT2D eigenvalue weighted by Gasteiger charge is 2.41. The van der Waals surface area contributed by atoms with Gasteiger partial charge >= 0.3 is 0 Å². The standard InChI is InChI=1S/C18H29ClN2/c19-16-6-4-5-15(13-16)18(14-20)9-7-17(8-10-18)21-11-2-1-3-12-21/h4-6,15,17H,1-3,7-14,20H2/t15?,17-,18-. The van der Waals surface area contributed by atoms with E-state index in [4.69, 9.17) is 17.3 Å². The number of piperidine rings is 1. The van der Waals surface area contributed by atoms with Crippen LogP contribution in [0.15, 0.2) is 23.3 Å². The van der Waals surface area contributed by atoms with Crippen LogP contribution in [-0.4, -0.2) is 30.6 Å². The molecule has 21 heavy (non-hydrogen) atoms. The lowest BCUT2D eigenvalue weighted by Crippen LogP contribution is -2.47. The molecule has 0 aromatic rings. The molecule has 1 heterocycles. The number of rotatable bonds is 3. The third kappa shape index (κ3) is 3.38. The molecular weight excluding hydrogens is 280 g/mol. The summed E-state index contributed by atoms with van der Waals surface area (Å²) in [6.07, 6.45) is 16.9. The van der Waals surface area contributed by atoms with E-state index in [0.29, 0.717) is 5.92 Å². The molecule has 1 unspecified atom stereocenters. The van der Waals surface area contributed by atoms with Crippen molar-refractivity contribution in [2.24, 2.45) is 17.1 Å². The van der Waals surface area contributed by atoms with E-state index in [2.05, 4.69) is 17.1 Å². The van der Waals surface area contributed by atoms with Crippen molar-refractivity contribution < 1.29 is 0 Å². The zero-order valence-corrected chi connectivity index (χ0v) is 13.8. The van der Waals surface area contributed by atoms with Crippen molar-refractivity contribution in [3.05, 3.63) is 23.3 Å². The predicted molar refractivity (Wildman–Crippen MR) is 90.4 cm³/mol. The van der Waals surface area contributed by atoms with Crippen molar-refractivity contribution in [2.45, 2.75) is 57.4 Å². The van der Waals surface area contributed by atoms with E-state index in [1.54, 1.807) is 0 Å². The van der Waals surface area contributed by atoms with Crippen LogP contribution >= 0.6 is 11.6 Å². The maximum absolute atomic E-state index is 6.26. The molecule has 1 aliphatic heterocycles. The van der Waals surface area contributed by atoms with Gasteiger partial charge in [-0.3, -0.25) is 0 Å². The summed E-state index contributed by atoms with van der Waals surface area (Å²) < 4.78 is 0. The minimum absolute atomic E-state index is 0.289. The van der Waals surface area contributed by atoms with Crippen LogP contribution in [0.1, 0.15) is 51.4 Å². The summed E-state index contributed by atoms with van der Waals surface area (Å²) in [5, 5.41) is 0.994. The summed E-state index contributed by atoms with van der Waals surface area (Å²) in [6, 6.07) is 0.809. The second-order valence-electron chi connectivity index (χ2n) is 7.20. The fraction of sp³-hybridized carbons (Fsp3) is 0.778. The van der Waals surface area contributed by atoms with Crippen molar-refractivity contribution in [3.63, 3.8) is 0 Å². The minimum Gasteiger partial charge on any atom is -0.330 e. The summed E-state index contributed by atoms with van der Waals surface area (Å²) >= 11 is 6.26.